The Kier molecular flexibility index (Phi) is 4.34. The number of carbonyl (C=O) groups excluding carboxylic acids is 2. The standard InChI is InChI=1S/C15H17NO3/c1-2-19-15(18)14-10-13(17)8-9-16(14)11-12-6-4-3-5-7-12/h3-9,14H,2,10-11H2,1H3. The van der Waals surface area contributed by atoms with Crippen molar-refractivity contribution in [3.05, 3.63) is 48.2 Å². The zero-order chi connectivity index (χ0) is 13.7. The molecule has 0 amide bonds. The van der Waals surface area contributed by atoms with Crippen LogP contribution in [0.5, 0.6) is 0 Å². The Morgan fingerprint density at radius 3 is 2.79 bits per heavy atom. The Hall–Kier alpha value is -2.10. The molecule has 4 nitrogen and oxygen atoms in total. The molecule has 100 valence electrons. The van der Waals surface area contributed by atoms with Crippen molar-refractivity contribution in [3.63, 3.8) is 0 Å². The van der Waals surface area contributed by atoms with Gasteiger partial charge in [-0.1, -0.05) is 30.3 Å². The molecule has 0 radical (unpaired) electrons. The minimum atomic E-state index is -0.516. The van der Waals surface area contributed by atoms with Crippen LogP contribution in [-0.4, -0.2) is 29.3 Å². The van der Waals surface area contributed by atoms with Gasteiger partial charge in [-0.25, -0.2) is 4.79 Å². The lowest BCUT2D eigenvalue weighted by Crippen LogP contribution is -2.42. The average molecular weight is 259 g/mol. The lowest BCUT2D eigenvalue weighted by molar-refractivity contribution is -0.150. The van der Waals surface area contributed by atoms with Crippen LogP contribution in [0.4, 0.5) is 0 Å². The van der Waals surface area contributed by atoms with Crippen molar-refractivity contribution < 1.29 is 14.3 Å². The van der Waals surface area contributed by atoms with Crippen LogP contribution >= 0.6 is 0 Å². The molecular formula is C15H17NO3. The molecule has 0 saturated carbocycles. The molecule has 1 aliphatic heterocycles. The van der Waals surface area contributed by atoms with Crippen LogP contribution in [0.2, 0.25) is 0 Å². The van der Waals surface area contributed by atoms with Crippen molar-refractivity contribution in [3.8, 4) is 0 Å². The van der Waals surface area contributed by atoms with Gasteiger partial charge in [-0.05, 0) is 18.6 Å². The monoisotopic (exact) mass is 259 g/mol. The van der Waals surface area contributed by atoms with Crippen LogP contribution in [-0.2, 0) is 20.9 Å². The Balaban J connectivity index is 2.13. The molecule has 0 N–H and O–H groups in total. The van der Waals surface area contributed by atoms with Gasteiger partial charge in [-0.3, -0.25) is 4.79 Å². The maximum absolute atomic E-state index is 11.9. The van der Waals surface area contributed by atoms with Gasteiger partial charge in [0.2, 0.25) is 0 Å². The van der Waals surface area contributed by atoms with Crippen molar-refractivity contribution in [2.75, 3.05) is 6.61 Å². The molecule has 1 heterocycles. The molecule has 19 heavy (non-hydrogen) atoms. The summed E-state index contributed by atoms with van der Waals surface area (Å²) >= 11 is 0. The van der Waals surface area contributed by atoms with Crippen LogP contribution in [0.1, 0.15) is 18.9 Å². The van der Waals surface area contributed by atoms with E-state index in [1.165, 1.54) is 6.08 Å². The van der Waals surface area contributed by atoms with Crippen molar-refractivity contribution in [1.82, 2.24) is 4.90 Å². The van der Waals surface area contributed by atoms with E-state index < -0.39 is 6.04 Å². The van der Waals surface area contributed by atoms with Crippen LogP contribution in [0.25, 0.3) is 0 Å². The summed E-state index contributed by atoms with van der Waals surface area (Å²) in [6.45, 7) is 2.68. The first-order valence-electron chi connectivity index (χ1n) is 6.38. The highest BCUT2D eigenvalue weighted by atomic mass is 16.5. The fraction of sp³-hybridized carbons (Fsp3) is 0.333. The summed E-state index contributed by atoms with van der Waals surface area (Å²) in [6.07, 6.45) is 3.38. The molecular weight excluding hydrogens is 242 g/mol. The number of ether oxygens (including phenoxy) is 1. The first-order chi connectivity index (χ1) is 9.20. The van der Waals surface area contributed by atoms with Gasteiger partial charge in [-0.2, -0.15) is 0 Å². The van der Waals surface area contributed by atoms with E-state index in [4.69, 9.17) is 4.74 Å². The van der Waals surface area contributed by atoms with E-state index in [1.807, 2.05) is 35.2 Å². The van der Waals surface area contributed by atoms with Crippen LogP contribution in [0.15, 0.2) is 42.6 Å². The fourth-order valence-corrected chi connectivity index (χ4v) is 2.07. The highest BCUT2D eigenvalue weighted by molar-refractivity contribution is 5.95. The second kappa shape index (κ2) is 6.18. The molecule has 1 aromatic carbocycles. The van der Waals surface area contributed by atoms with E-state index in [-0.39, 0.29) is 18.2 Å². The summed E-state index contributed by atoms with van der Waals surface area (Å²) in [4.78, 5) is 25.2. The van der Waals surface area contributed by atoms with E-state index in [0.717, 1.165) is 5.56 Å². The Labute approximate surface area is 112 Å². The molecule has 0 bridgehead atoms. The number of esters is 1. The molecule has 0 aliphatic carbocycles. The van der Waals surface area contributed by atoms with E-state index in [2.05, 4.69) is 0 Å². The summed E-state index contributed by atoms with van der Waals surface area (Å²) < 4.78 is 5.03. The summed E-state index contributed by atoms with van der Waals surface area (Å²) in [5.41, 5.74) is 1.09. The number of nitrogens with zero attached hydrogens (tertiary/aromatic N) is 1. The van der Waals surface area contributed by atoms with Crippen LogP contribution in [0, 0.1) is 0 Å². The second-order valence-electron chi connectivity index (χ2n) is 4.41. The van der Waals surface area contributed by atoms with Crippen LogP contribution in [0.3, 0.4) is 0 Å². The molecule has 1 unspecified atom stereocenters. The molecule has 1 atom stereocenters. The quantitative estimate of drug-likeness (QED) is 0.775. The molecule has 0 aromatic heterocycles. The molecule has 0 saturated heterocycles. The predicted octanol–water partition coefficient (Wildman–Crippen LogP) is 1.91. The second-order valence-corrected chi connectivity index (χ2v) is 4.41. The number of hydrogen-bond donors (Lipinski definition) is 0. The van der Waals surface area contributed by atoms with E-state index >= 15 is 0 Å². The third-order valence-electron chi connectivity index (χ3n) is 3.01. The summed E-state index contributed by atoms with van der Waals surface area (Å²) in [7, 11) is 0. The number of ketones is 1. The van der Waals surface area contributed by atoms with E-state index in [1.54, 1.807) is 13.1 Å². The van der Waals surface area contributed by atoms with Gasteiger partial charge in [0.25, 0.3) is 0 Å². The lowest BCUT2D eigenvalue weighted by atomic mass is 10.0. The van der Waals surface area contributed by atoms with Gasteiger partial charge in [0, 0.05) is 19.2 Å². The van der Waals surface area contributed by atoms with Crippen molar-refractivity contribution in [2.24, 2.45) is 0 Å². The molecule has 0 spiro atoms. The minimum Gasteiger partial charge on any atom is -0.464 e. The SMILES string of the molecule is CCOC(=O)C1CC(=O)C=CN1Cc1ccccc1. The summed E-state index contributed by atoms with van der Waals surface area (Å²) in [5.74, 6) is -0.376. The minimum absolute atomic E-state index is 0.0395. The van der Waals surface area contributed by atoms with E-state index in [9.17, 15) is 9.59 Å². The fourth-order valence-electron chi connectivity index (χ4n) is 2.07. The van der Waals surface area contributed by atoms with Crippen molar-refractivity contribution in [1.29, 1.82) is 0 Å². The highest BCUT2D eigenvalue weighted by Crippen LogP contribution is 2.17. The van der Waals surface area contributed by atoms with Crippen LogP contribution < -0.4 is 0 Å². The largest absolute Gasteiger partial charge is 0.464 e. The molecule has 2 rings (SSSR count). The van der Waals surface area contributed by atoms with Crippen molar-refractivity contribution in [2.45, 2.75) is 25.9 Å². The lowest BCUT2D eigenvalue weighted by Gasteiger charge is -2.30. The van der Waals surface area contributed by atoms with Gasteiger partial charge in [0.1, 0.15) is 6.04 Å². The third kappa shape index (κ3) is 3.44. The number of benzene rings is 1. The van der Waals surface area contributed by atoms with Gasteiger partial charge in [0.05, 0.1) is 6.61 Å². The number of allylic oxidation sites excluding steroid dienone is 1. The van der Waals surface area contributed by atoms with E-state index in [0.29, 0.717) is 13.2 Å². The van der Waals surface area contributed by atoms with Gasteiger partial charge in [-0.15, -0.1) is 0 Å². The Bertz CT molecular complexity index is 481. The Morgan fingerprint density at radius 2 is 2.11 bits per heavy atom. The topological polar surface area (TPSA) is 46.6 Å². The smallest absolute Gasteiger partial charge is 0.329 e. The average Bonchev–Trinajstić information content (AvgIpc) is 2.42. The maximum Gasteiger partial charge on any atom is 0.329 e. The highest BCUT2D eigenvalue weighted by Gasteiger charge is 2.30. The number of hydrogen-bond acceptors (Lipinski definition) is 4. The number of carbonyl (C=O) groups is 2. The number of rotatable bonds is 4. The van der Waals surface area contributed by atoms with Crippen molar-refractivity contribution >= 4 is 11.8 Å². The zero-order valence-corrected chi connectivity index (χ0v) is 10.9. The zero-order valence-electron chi connectivity index (χ0n) is 10.9. The molecule has 4 heteroatoms. The third-order valence-corrected chi connectivity index (χ3v) is 3.01. The maximum atomic E-state index is 11.9. The van der Waals surface area contributed by atoms with Gasteiger partial charge >= 0.3 is 5.97 Å². The molecule has 1 aliphatic rings. The first-order valence-corrected chi connectivity index (χ1v) is 6.38. The molecule has 0 fully saturated rings. The summed E-state index contributed by atoms with van der Waals surface area (Å²) in [6, 6.07) is 9.32. The van der Waals surface area contributed by atoms with Gasteiger partial charge < -0.3 is 9.64 Å². The normalized spacial score (nSPS) is 18.5. The van der Waals surface area contributed by atoms with Gasteiger partial charge in [0.15, 0.2) is 5.78 Å². The predicted molar refractivity (Wildman–Crippen MR) is 71.2 cm³/mol. The summed E-state index contributed by atoms with van der Waals surface area (Å²) in [5, 5.41) is 0. The Morgan fingerprint density at radius 1 is 1.37 bits per heavy atom. The first kappa shape index (κ1) is 13.3. The molecule has 1 aromatic rings.